The van der Waals surface area contributed by atoms with Gasteiger partial charge in [-0.3, -0.25) is 14.4 Å². The molecule has 2 aromatic rings. The molecule has 1 aromatic heterocycles. The van der Waals surface area contributed by atoms with E-state index in [0.717, 1.165) is 6.42 Å². The van der Waals surface area contributed by atoms with Gasteiger partial charge in [-0.15, -0.1) is 0 Å². The summed E-state index contributed by atoms with van der Waals surface area (Å²) in [4.78, 5) is 37.4. The second-order valence-corrected chi connectivity index (χ2v) is 6.27. The van der Waals surface area contributed by atoms with Crippen molar-refractivity contribution in [3.8, 4) is 0 Å². The van der Waals surface area contributed by atoms with Gasteiger partial charge in [0.1, 0.15) is 0 Å². The summed E-state index contributed by atoms with van der Waals surface area (Å²) in [5, 5.41) is 14.9. The second-order valence-electron chi connectivity index (χ2n) is 6.27. The van der Waals surface area contributed by atoms with Crippen LogP contribution in [0.25, 0.3) is 0 Å². The highest BCUT2D eigenvalue weighted by molar-refractivity contribution is 6.39. The molecule has 0 radical (unpaired) electrons. The first-order chi connectivity index (χ1) is 13.0. The fraction of sp³-hybridized carbons (Fsp3) is 0.316. The number of aliphatic hydroxyl groups is 1. The Bertz CT molecular complexity index is 819. The molecule has 0 spiro atoms. The highest BCUT2D eigenvalue weighted by atomic mass is 16.3. The van der Waals surface area contributed by atoms with E-state index in [2.05, 4.69) is 10.6 Å². The summed E-state index contributed by atoms with van der Waals surface area (Å²) in [5.41, 5.74) is 1.74. The van der Waals surface area contributed by atoms with Crippen LogP contribution in [0.2, 0.25) is 0 Å². The number of nitrogens with one attached hydrogen (secondary N) is 2. The van der Waals surface area contributed by atoms with Gasteiger partial charge in [0.05, 0.1) is 18.6 Å². The van der Waals surface area contributed by atoms with E-state index in [9.17, 15) is 19.5 Å². The van der Waals surface area contributed by atoms with E-state index >= 15 is 0 Å². The third kappa shape index (κ3) is 4.73. The topological polar surface area (TPSA) is 112 Å². The Kier molecular flexibility index (Phi) is 5.87. The first kappa shape index (κ1) is 18.7. The number of rotatable bonds is 6. The minimum atomic E-state index is -0.808. The van der Waals surface area contributed by atoms with E-state index in [1.54, 1.807) is 35.2 Å². The summed E-state index contributed by atoms with van der Waals surface area (Å²) in [6, 6.07) is 8.46. The third-order valence-electron chi connectivity index (χ3n) is 4.33. The van der Waals surface area contributed by atoms with Crippen molar-refractivity contribution in [1.82, 2.24) is 5.32 Å². The average molecular weight is 371 g/mol. The lowest BCUT2D eigenvalue weighted by Crippen LogP contribution is -2.36. The van der Waals surface area contributed by atoms with Crippen LogP contribution in [0.4, 0.5) is 11.4 Å². The SMILES string of the molecule is O=C(NCCC(O)c1ccoc1)C(=O)Nc1cccc(N2CCCC2=O)c1. The number of hydrogen-bond acceptors (Lipinski definition) is 5. The number of carbonyl (C=O) groups is 3. The Balaban J connectivity index is 1.49. The van der Waals surface area contributed by atoms with Crippen LogP contribution in [0.5, 0.6) is 0 Å². The molecule has 3 rings (SSSR count). The predicted octanol–water partition coefficient (Wildman–Crippen LogP) is 1.58. The van der Waals surface area contributed by atoms with Crippen LogP contribution in [0, 0.1) is 0 Å². The van der Waals surface area contributed by atoms with Crippen molar-refractivity contribution in [3.05, 3.63) is 48.4 Å². The smallest absolute Gasteiger partial charge is 0.313 e. The van der Waals surface area contributed by atoms with E-state index in [0.29, 0.717) is 29.9 Å². The van der Waals surface area contributed by atoms with Gasteiger partial charge in [0.25, 0.3) is 0 Å². The van der Waals surface area contributed by atoms with Crippen LogP contribution in [0.1, 0.15) is 30.9 Å². The molecule has 0 saturated carbocycles. The first-order valence-corrected chi connectivity index (χ1v) is 8.74. The Labute approximate surface area is 156 Å². The molecular formula is C19H21N3O5. The standard InChI is InChI=1S/C19H21N3O5/c23-16(13-7-10-27-12-13)6-8-20-18(25)19(26)21-14-3-1-4-15(11-14)22-9-2-5-17(22)24/h1,3-4,7,10-12,16,23H,2,5-6,8-9H2,(H,20,25)(H,21,26). The number of nitrogens with zero attached hydrogens (tertiary/aromatic N) is 1. The molecule has 1 unspecified atom stereocenters. The molecule has 1 fully saturated rings. The summed E-state index contributed by atoms with van der Waals surface area (Å²) in [6.45, 7) is 0.788. The zero-order valence-corrected chi connectivity index (χ0v) is 14.7. The molecule has 8 heteroatoms. The van der Waals surface area contributed by atoms with E-state index in [-0.39, 0.29) is 18.9 Å². The Morgan fingerprint density at radius 3 is 2.81 bits per heavy atom. The third-order valence-corrected chi connectivity index (χ3v) is 4.33. The lowest BCUT2D eigenvalue weighted by atomic mass is 10.1. The van der Waals surface area contributed by atoms with Gasteiger partial charge in [-0.1, -0.05) is 6.07 Å². The summed E-state index contributed by atoms with van der Waals surface area (Å²) >= 11 is 0. The molecule has 3 amide bonds. The number of hydrogen-bond donors (Lipinski definition) is 3. The predicted molar refractivity (Wildman–Crippen MR) is 98.0 cm³/mol. The van der Waals surface area contributed by atoms with Crippen LogP contribution in [0.15, 0.2) is 47.3 Å². The summed E-state index contributed by atoms with van der Waals surface area (Å²) in [5.74, 6) is -1.55. The van der Waals surface area contributed by atoms with E-state index in [1.165, 1.54) is 12.5 Å². The summed E-state index contributed by atoms with van der Waals surface area (Å²) < 4.78 is 4.88. The quantitative estimate of drug-likeness (QED) is 0.668. The van der Waals surface area contributed by atoms with Crippen LogP contribution in [-0.2, 0) is 14.4 Å². The monoisotopic (exact) mass is 371 g/mol. The van der Waals surface area contributed by atoms with Crippen molar-refractivity contribution in [2.75, 3.05) is 23.3 Å². The zero-order chi connectivity index (χ0) is 19.2. The minimum absolute atomic E-state index is 0.0485. The molecule has 3 N–H and O–H groups in total. The van der Waals surface area contributed by atoms with Crippen LogP contribution in [0.3, 0.4) is 0 Å². The van der Waals surface area contributed by atoms with Gasteiger partial charge in [0.2, 0.25) is 5.91 Å². The number of amides is 3. The van der Waals surface area contributed by atoms with Crippen molar-refractivity contribution in [3.63, 3.8) is 0 Å². The molecule has 0 aliphatic carbocycles. The van der Waals surface area contributed by atoms with Gasteiger partial charge in [-0.25, -0.2) is 0 Å². The molecule has 8 nitrogen and oxygen atoms in total. The molecule has 1 atom stereocenters. The fourth-order valence-corrected chi connectivity index (χ4v) is 2.89. The van der Waals surface area contributed by atoms with E-state index < -0.39 is 17.9 Å². The zero-order valence-electron chi connectivity index (χ0n) is 14.7. The minimum Gasteiger partial charge on any atom is -0.472 e. The lowest BCUT2D eigenvalue weighted by molar-refractivity contribution is -0.136. The second kappa shape index (κ2) is 8.50. The van der Waals surface area contributed by atoms with Gasteiger partial charge in [0.15, 0.2) is 0 Å². The molecule has 1 saturated heterocycles. The van der Waals surface area contributed by atoms with Gasteiger partial charge in [0, 0.05) is 36.4 Å². The first-order valence-electron chi connectivity index (χ1n) is 8.74. The van der Waals surface area contributed by atoms with Gasteiger partial charge >= 0.3 is 11.8 Å². The van der Waals surface area contributed by atoms with Crippen LogP contribution >= 0.6 is 0 Å². The number of aliphatic hydroxyl groups excluding tert-OH is 1. The fourth-order valence-electron chi connectivity index (χ4n) is 2.89. The van der Waals surface area contributed by atoms with E-state index in [1.807, 2.05) is 0 Å². The lowest BCUT2D eigenvalue weighted by Gasteiger charge is -2.16. The highest BCUT2D eigenvalue weighted by Crippen LogP contribution is 2.24. The normalized spacial score (nSPS) is 14.9. The molecule has 1 aliphatic rings. The highest BCUT2D eigenvalue weighted by Gasteiger charge is 2.22. The maximum Gasteiger partial charge on any atom is 0.313 e. The van der Waals surface area contributed by atoms with Crippen molar-refractivity contribution in [2.24, 2.45) is 0 Å². The molecule has 0 bridgehead atoms. The van der Waals surface area contributed by atoms with Crippen molar-refractivity contribution < 1.29 is 23.9 Å². The van der Waals surface area contributed by atoms with Crippen LogP contribution < -0.4 is 15.5 Å². The number of anilines is 2. The van der Waals surface area contributed by atoms with E-state index in [4.69, 9.17) is 4.42 Å². The van der Waals surface area contributed by atoms with Gasteiger partial charge in [-0.2, -0.15) is 0 Å². The summed E-state index contributed by atoms with van der Waals surface area (Å²) in [6.07, 6.45) is 3.69. The van der Waals surface area contributed by atoms with Crippen molar-refractivity contribution in [1.29, 1.82) is 0 Å². The van der Waals surface area contributed by atoms with Gasteiger partial charge in [-0.05, 0) is 37.1 Å². The largest absolute Gasteiger partial charge is 0.472 e. The molecule has 1 aromatic carbocycles. The Hall–Kier alpha value is -3.13. The Morgan fingerprint density at radius 2 is 2.11 bits per heavy atom. The Morgan fingerprint density at radius 1 is 1.26 bits per heavy atom. The van der Waals surface area contributed by atoms with Crippen LogP contribution in [-0.4, -0.2) is 35.9 Å². The van der Waals surface area contributed by atoms with Crippen molar-refractivity contribution in [2.45, 2.75) is 25.4 Å². The number of carbonyl (C=O) groups excluding carboxylic acids is 3. The number of benzene rings is 1. The van der Waals surface area contributed by atoms with Gasteiger partial charge < -0.3 is 25.1 Å². The molecular weight excluding hydrogens is 350 g/mol. The molecule has 27 heavy (non-hydrogen) atoms. The maximum absolute atomic E-state index is 12.0. The molecule has 1 aliphatic heterocycles. The summed E-state index contributed by atoms with van der Waals surface area (Å²) in [7, 11) is 0. The molecule has 2 heterocycles. The maximum atomic E-state index is 12.0. The molecule has 142 valence electrons. The average Bonchev–Trinajstić information content (AvgIpc) is 3.33. The number of furan rings is 1. The van der Waals surface area contributed by atoms with Crippen molar-refractivity contribution >= 4 is 29.1 Å².